The van der Waals surface area contributed by atoms with Crippen molar-refractivity contribution in [3.63, 3.8) is 0 Å². The van der Waals surface area contributed by atoms with E-state index in [9.17, 15) is 9.59 Å². The van der Waals surface area contributed by atoms with E-state index >= 15 is 0 Å². The molecule has 0 saturated heterocycles. The SMILES string of the molecule is CCCCC1(OC(=O)C2C3C=CC(C3)C2C(=O)OC)CCCC1. The zero-order valence-corrected chi connectivity index (χ0v) is 14.3. The van der Waals surface area contributed by atoms with Gasteiger partial charge >= 0.3 is 11.9 Å². The smallest absolute Gasteiger partial charge is 0.310 e. The molecule has 0 aliphatic heterocycles. The minimum atomic E-state index is -0.355. The molecule has 4 atom stereocenters. The average molecular weight is 320 g/mol. The number of unbranched alkanes of at least 4 members (excludes halogenated alkanes) is 1. The molecule has 4 heteroatoms. The summed E-state index contributed by atoms with van der Waals surface area (Å²) >= 11 is 0. The van der Waals surface area contributed by atoms with Crippen LogP contribution in [-0.4, -0.2) is 24.6 Å². The quantitative estimate of drug-likeness (QED) is 0.554. The summed E-state index contributed by atoms with van der Waals surface area (Å²) in [6.45, 7) is 2.17. The van der Waals surface area contributed by atoms with Crippen LogP contribution in [0.4, 0.5) is 0 Å². The van der Waals surface area contributed by atoms with E-state index in [1.54, 1.807) is 0 Å². The molecule has 128 valence electrons. The van der Waals surface area contributed by atoms with Crippen molar-refractivity contribution in [2.45, 2.75) is 63.9 Å². The monoisotopic (exact) mass is 320 g/mol. The van der Waals surface area contributed by atoms with Gasteiger partial charge in [-0.3, -0.25) is 9.59 Å². The van der Waals surface area contributed by atoms with E-state index in [0.717, 1.165) is 51.4 Å². The van der Waals surface area contributed by atoms with Crippen LogP contribution in [0.5, 0.6) is 0 Å². The molecule has 2 bridgehead atoms. The van der Waals surface area contributed by atoms with Gasteiger partial charge in [-0.15, -0.1) is 0 Å². The number of carbonyl (C=O) groups is 2. The summed E-state index contributed by atoms with van der Waals surface area (Å²) < 4.78 is 11.0. The summed E-state index contributed by atoms with van der Waals surface area (Å²) in [6, 6.07) is 0. The Morgan fingerprint density at radius 1 is 1.09 bits per heavy atom. The first-order valence-corrected chi connectivity index (χ1v) is 9.09. The van der Waals surface area contributed by atoms with Crippen molar-refractivity contribution in [2.24, 2.45) is 23.7 Å². The average Bonchev–Trinajstić information content (AvgIpc) is 3.27. The fourth-order valence-electron chi connectivity index (χ4n) is 4.80. The van der Waals surface area contributed by atoms with Gasteiger partial charge in [0.15, 0.2) is 0 Å². The van der Waals surface area contributed by atoms with Crippen molar-refractivity contribution in [3.8, 4) is 0 Å². The highest BCUT2D eigenvalue weighted by atomic mass is 16.6. The van der Waals surface area contributed by atoms with Crippen molar-refractivity contribution in [2.75, 3.05) is 7.11 Å². The molecule has 3 rings (SSSR count). The predicted octanol–water partition coefficient (Wildman–Crippen LogP) is 3.64. The van der Waals surface area contributed by atoms with Gasteiger partial charge in [0.2, 0.25) is 0 Å². The summed E-state index contributed by atoms with van der Waals surface area (Å²) in [5.41, 5.74) is -0.278. The fraction of sp³-hybridized carbons (Fsp3) is 0.789. The summed E-state index contributed by atoms with van der Waals surface area (Å²) in [5.74, 6) is -0.863. The lowest BCUT2D eigenvalue weighted by molar-refractivity contribution is -0.172. The molecule has 4 nitrogen and oxygen atoms in total. The Kier molecular flexibility index (Phi) is 4.79. The van der Waals surface area contributed by atoms with Crippen LogP contribution in [0.3, 0.4) is 0 Å². The predicted molar refractivity (Wildman–Crippen MR) is 86.5 cm³/mol. The van der Waals surface area contributed by atoms with Crippen LogP contribution >= 0.6 is 0 Å². The maximum atomic E-state index is 12.9. The van der Waals surface area contributed by atoms with Crippen molar-refractivity contribution in [1.82, 2.24) is 0 Å². The third-order valence-electron chi connectivity index (χ3n) is 6.02. The third-order valence-corrected chi connectivity index (χ3v) is 6.02. The fourth-order valence-corrected chi connectivity index (χ4v) is 4.80. The lowest BCUT2D eigenvalue weighted by atomic mass is 9.82. The van der Waals surface area contributed by atoms with Gasteiger partial charge in [0.05, 0.1) is 18.9 Å². The van der Waals surface area contributed by atoms with Crippen molar-refractivity contribution < 1.29 is 19.1 Å². The molecule has 2 saturated carbocycles. The molecule has 3 aliphatic rings. The Bertz CT molecular complexity index is 490. The van der Waals surface area contributed by atoms with Crippen LogP contribution in [0.25, 0.3) is 0 Å². The van der Waals surface area contributed by atoms with Crippen molar-refractivity contribution in [3.05, 3.63) is 12.2 Å². The number of fused-ring (bicyclic) bond motifs is 2. The highest BCUT2D eigenvalue weighted by molar-refractivity contribution is 5.84. The lowest BCUT2D eigenvalue weighted by Crippen LogP contribution is -2.40. The highest BCUT2D eigenvalue weighted by Gasteiger charge is 2.54. The topological polar surface area (TPSA) is 52.6 Å². The van der Waals surface area contributed by atoms with Crippen molar-refractivity contribution >= 4 is 11.9 Å². The molecule has 3 aliphatic carbocycles. The number of allylic oxidation sites excluding steroid dienone is 2. The van der Waals surface area contributed by atoms with E-state index in [-0.39, 0.29) is 41.2 Å². The van der Waals surface area contributed by atoms with Gasteiger partial charge in [0, 0.05) is 0 Å². The number of hydrogen-bond acceptors (Lipinski definition) is 4. The molecule has 0 aromatic heterocycles. The van der Waals surface area contributed by atoms with E-state index in [0.29, 0.717) is 0 Å². The Balaban J connectivity index is 1.73. The molecule has 0 N–H and O–H groups in total. The maximum absolute atomic E-state index is 12.9. The normalized spacial score (nSPS) is 33.8. The van der Waals surface area contributed by atoms with Gasteiger partial charge in [-0.1, -0.05) is 25.5 Å². The lowest BCUT2D eigenvalue weighted by Gasteiger charge is -2.33. The Morgan fingerprint density at radius 3 is 2.26 bits per heavy atom. The van der Waals surface area contributed by atoms with Gasteiger partial charge in [-0.25, -0.2) is 0 Å². The van der Waals surface area contributed by atoms with E-state index in [1.165, 1.54) is 7.11 Å². The van der Waals surface area contributed by atoms with Crippen LogP contribution in [0, 0.1) is 23.7 Å². The number of carbonyl (C=O) groups excluding carboxylic acids is 2. The Labute approximate surface area is 138 Å². The Morgan fingerprint density at radius 2 is 1.70 bits per heavy atom. The van der Waals surface area contributed by atoms with Gasteiger partial charge in [-0.2, -0.15) is 0 Å². The number of hydrogen-bond donors (Lipinski definition) is 0. The van der Waals surface area contributed by atoms with Crippen LogP contribution in [0.1, 0.15) is 58.3 Å². The summed E-state index contributed by atoms with van der Waals surface area (Å²) in [7, 11) is 1.40. The highest BCUT2D eigenvalue weighted by Crippen LogP contribution is 2.50. The van der Waals surface area contributed by atoms with E-state index in [1.807, 2.05) is 0 Å². The molecule has 0 spiro atoms. The number of esters is 2. The first-order valence-electron chi connectivity index (χ1n) is 9.09. The third kappa shape index (κ3) is 3.05. The molecule has 2 fully saturated rings. The van der Waals surface area contributed by atoms with Crippen molar-refractivity contribution in [1.29, 1.82) is 0 Å². The van der Waals surface area contributed by atoms with Gasteiger partial charge in [-0.05, 0) is 56.8 Å². The van der Waals surface area contributed by atoms with Crippen LogP contribution in [0.2, 0.25) is 0 Å². The molecule has 0 aromatic rings. The van der Waals surface area contributed by atoms with Crippen LogP contribution in [-0.2, 0) is 19.1 Å². The van der Waals surface area contributed by atoms with E-state index < -0.39 is 0 Å². The molecule has 0 amide bonds. The molecule has 0 radical (unpaired) electrons. The van der Waals surface area contributed by atoms with E-state index in [4.69, 9.17) is 9.47 Å². The minimum Gasteiger partial charge on any atom is -0.469 e. The molecule has 0 heterocycles. The second-order valence-corrected chi connectivity index (χ2v) is 7.44. The molecule has 4 unspecified atom stereocenters. The van der Waals surface area contributed by atoms with Gasteiger partial charge < -0.3 is 9.47 Å². The second kappa shape index (κ2) is 6.66. The standard InChI is InChI=1S/C19H28O4/c1-3-4-9-19(10-5-6-11-19)23-18(21)16-14-8-7-13(12-14)15(16)17(20)22-2/h7-8,13-16H,3-6,9-12H2,1-2H3. The molecule has 0 aromatic carbocycles. The number of rotatable bonds is 6. The second-order valence-electron chi connectivity index (χ2n) is 7.44. The van der Waals surface area contributed by atoms with Gasteiger partial charge in [0.25, 0.3) is 0 Å². The molecular formula is C19H28O4. The van der Waals surface area contributed by atoms with Crippen LogP contribution < -0.4 is 0 Å². The van der Waals surface area contributed by atoms with Gasteiger partial charge in [0.1, 0.15) is 5.60 Å². The maximum Gasteiger partial charge on any atom is 0.310 e. The van der Waals surface area contributed by atoms with Crippen LogP contribution in [0.15, 0.2) is 12.2 Å². The largest absolute Gasteiger partial charge is 0.469 e. The summed E-state index contributed by atoms with van der Waals surface area (Å²) in [4.78, 5) is 25.1. The molecule has 23 heavy (non-hydrogen) atoms. The zero-order valence-electron chi connectivity index (χ0n) is 14.3. The first-order chi connectivity index (χ1) is 11.1. The summed E-state index contributed by atoms with van der Waals surface area (Å²) in [6.07, 6.45) is 12.4. The first kappa shape index (κ1) is 16.5. The number of ether oxygens (including phenoxy) is 2. The van der Waals surface area contributed by atoms with E-state index in [2.05, 4.69) is 19.1 Å². The minimum absolute atomic E-state index is 0.139. The summed E-state index contributed by atoms with van der Waals surface area (Å²) in [5, 5.41) is 0. The Hall–Kier alpha value is -1.32. The zero-order chi connectivity index (χ0) is 16.4. The number of methoxy groups -OCH3 is 1. The molecular weight excluding hydrogens is 292 g/mol.